The fourth-order valence-electron chi connectivity index (χ4n) is 4.06. The molecule has 0 unspecified atom stereocenters. The summed E-state index contributed by atoms with van der Waals surface area (Å²) in [5, 5.41) is 0. The van der Waals surface area contributed by atoms with Gasteiger partial charge in [0.2, 0.25) is 0 Å². The van der Waals surface area contributed by atoms with Crippen LogP contribution in [0.25, 0.3) is 0 Å². The van der Waals surface area contributed by atoms with Crippen LogP contribution in [0, 0.1) is 17.8 Å². The van der Waals surface area contributed by atoms with E-state index in [1.807, 2.05) is 0 Å². The van der Waals surface area contributed by atoms with Crippen LogP contribution in [-0.4, -0.2) is 28.9 Å². The van der Waals surface area contributed by atoms with E-state index in [-0.39, 0.29) is 42.5 Å². The average molecular weight is 418 g/mol. The minimum Gasteiger partial charge on any atom is -0.298 e. The van der Waals surface area contributed by atoms with Crippen LogP contribution in [0.4, 0.5) is 13.2 Å². The molecule has 9 heteroatoms. The number of hydrogen-bond acceptors (Lipinski definition) is 5. The van der Waals surface area contributed by atoms with E-state index in [0.717, 1.165) is 6.07 Å². The van der Waals surface area contributed by atoms with Gasteiger partial charge in [0.15, 0.2) is 17.3 Å². The summed E-state index contributed by atoms with van der Waals surface area (Å²) in [6, 6.07) is 1.72. The molecule has 0 amide bonds. The van der Waals surface area contributed by atoms with Gasteiger partial charge in [0.05, 0.1) is 24.2 Å². The first-order valence-electron chi connectivity index (χ1n) is 9.16. The first kappa shape index (κ1) is 20.9. The Bertz CT molecular complexity index is 764. The molecule has 0 radical (unpaired) electrons. The number of nitrogens with zero attached hydrogens (tertiary/aromatic N) is 1. The number of halogens is 4. The summed E-state index contributed by atoms with van der Waals surface area (Å²) in [5.41, 5.74) is -1.36. The minimum atomic E-state index is -4.67. The van der Waals surface area contributed by atoms with Crippen molar-refractivity contribution in [3.05, 3.63) is 29.1 Å². The van der Waals surface area contributed by atoms with Crippen molar-refractivity contribution in [2.75, 3.05) is 6.61 Å². The summed E-state index contributed by atoms with van der Waals surface area (Å²) < 4.78 is 43.5. The van der Waals surface area contributed by atoms with Gasteiger partial charge in [-0.1, -0.05) is 0 Å². The fourth-order valence-corrected chi connectivity index (χ4v) is 4.17. The standard InChI is InChI=1S/C19H19ClF3NO4/c20-28-9-1-2-13-12(7-8-14(24-13)19(21,22)23)18(27)15-16(25)10-3-4-11(6-5-10)17(15)26/h7-8,10-11,15H,1-6,9H2. The van der Waals surface area contributed by atoms with Crippen molar-refractivity contribution in [1.29, 1.82) is 0 Å². The number of ketones is 3. The Morgan fingerprint density at radius 3 is 2.18 bits per heavy atom. The number of Topliss-reactive ketones (excluding diaryl/α,β-unsaturated/α-hetero) is 3. The van der Waals surface area contributed by atoms with Crippen LogP contribution in [-0.2, 0) is 26.5 Å². The summed E-state index contributed by atoms with van der Waals surface area (Å²) in [6.45, 7) is 0.0541. The van der Waals surface area contributed by atoms with Gasteiger partial charge in [-0.2, -0.15) is 13.2 Å². The number of hydrogen-bond donors (Lipinski definition) is 0. The predicted octanol–water partition coefficient (Wildman–Crippen LogP) is 3.96. The molecule has 3 saturated carbocycles. The zero-order chi connectivity index (χ0) is 20.5. The van der Waals surface area contributed by atoms with E-state index in [0.29, 0.717) is 31.7 Å². The number of aryl methyl sites for hydroxylation is 1. The molecular weight excluding hydrogens is 399 g/mol. The van der Waals surface area contributed by atoms with Crippen LogP contribution in [0.3, 0.4) is 0 Å². The van der Waals surface area contributed by atoms with Gasteiger partial charge in [-0.15, -0.1) is 0 Å². The third-order valence-corrected chi connectivity index (χ3v) is 5.68. The van der Waals surface area contributed by atoms with Crippen LogP contribution >= 0.6 is 11.9 Å². The van der Waals surface area contributed by atoms with Gasteiger partial charge in [0.25, 0.3) is 0 Å². The Kier molecular flexibility index (Phi) is 6.19. The molecule has 3 aliphatic carbocycles. The van der Waals surface area contributed by atoms with Crippen LogP contribution in [0.1, 0.15) is 53.8 Å². The number of carbonyl (C=O) groups is 3. The molecule has 1 aromatic heterocycles. The van der Waals surface area contributed by atoms with Crippen molar-refractivity contribution in [3.63, 3.8) is 0 Å². The third kappa shape index (κ3) is 4.12. The maximum Gasteiger partial charge on any atom is 0.433 e. The summed E-state index contributed by atoms with van der Waals surface area (Å²) >= 11 is 5.13. The van der Waals surface area contributed by atoms with Gasteiger partial charge in [-0.05, 0) is 50.7 Å². The number of alkyl halides is 3. The van der Waals surface area contributed by atoms with Crippen molar-refractivity contribution in [2.45, 2.75) is 44.7 Å². The van der Waals surface area contributed by atoms with Gasteiger partial charge in [0.1, 0.15) is 11.6 Å². The molecule has 0 spiro atoms. The first-order valence-corrected chi connectivity index (χ1v) is 9.47. The number of pyridine rings is 1. The summed E-state index contributed by atoms with van der Waals surface area (Å²) in [4.78, 5) is 42.2. The zero-order valence-electron chi connectivity index (χ0n) is 14.9. The maximum atomic E-state index is 13.1. The molecule has 28 heavy (non-hydrogen) atoms. The molecule has 4 rings (SSSR count). The van der Waals surface area contributed by atoms with Gasteiger partial charge in [-0.3, -0.25) is 18.7 Å². The van der Waals surface area contributed by atoms with E-state index in [1.54, 1.807) is 0 Å². The van der Waals surface area contributed by atoms with Crippen LogP contribution in [0.2, 0.25) is 0 Å². The number of aromatic nitrogens is 1. The molecule has 2 bridgehead atoms. The molecule has 0 N–H and O–H groups in total. The highest BCUT2D eigenvalue weighted by molar-refractivity contribution is 6.25. The van der Waals surface area contributed by atoms with E-state index in [2.05, 4.69) is 9.27 Å². The fraction of sp³-hybridized carbons (Fsp3) is 0.579. The lowest BCUT2D eigenvalue weighted by Gasteiger charge is -2.19. The molecule has 5 nitrogen and oxygen atoms in total. The topological polar surface area (TPSA) is 73.3 Å². The van der Waals surface area contributed by atoms with E-state index < -0.39 is 35.1 Å². The highest BCUT2D eigenvalue weighted by Crippen LogP contribution is 2.39. The molecule has 1 heterocycles. The van der Waals surface area contributed by atoms with Crippen LogP contribution in [0.15, 0.2) is 12.1 Å². The molecule has 3 fully saturated rings. The lowest BCUT2D eigenvalue weighted by atomic mass is 9.84. The van der Waals surface area contributed by atoms with Crippen molar-refractivity contribution in [2.24, 2.45) is 17.8 Å². The van der Waals surface area contributed by atoms with Crippen LogP contribution in [0.5, 0.6) is 0 Å². The van der Waals surface area contributed by atoms with Gasteiger partial charge in [0, 0.05) is 17.4 Å². The Morgan fingerprint density at radius 2 is 1.68 bits per heavy atom. The summed E-state index contributed by atoms with van der Waals surface area (Å²) in [5.74, 6) is -3.70. The zero-order valence-corrected chi connectivity index (χ0v) is 15.7. The second kappa shape index (κ2) is 8.29. The predicted molar refractivity (Wildman–Crippen MR) is 92.6 cm³/mol. The third-order valence-electron chi connectivity index (χ3n) is 5.53. The second-order valence-electron chi connectivity index (χ2n) is 7.26. The molecule has 0 aromatic carbocycles. The number of carbonyl (C=O) groups excluding carboxylic acids is 3. The number of fused-ring (bicyclic) bond motifs is 4. The van der Waals surface area contributed by atoms with Crippen molar-refractivity contribution in [3.8, 4) is 0 Å². The van der Waals surface area contributed by atoms with Crippen molar-refractivity contribution in [1.82, 2.24) is 4.98 Å². The van der Waals surface area contributed by atoms with E-state index in [1.165, 1.54) is 0 Å². The Hall–Kier alpha value is -1.80. The first-order chi connectivity index (χ1) is 13.2. The Labute approximate surface area is 164 Å². The minimum absolute atomic E-state index is 0.000326. The molecule has 0 atom stereocenters. The van der Waals surface area contributed by atoms with Gasteiger partial charge in [-0.25, -0.2) is 4.98 Å². The van der Waals surface area contributed by atoms with Crippen molar-refractivity contribution < 1.29 is 31.8 Å². The second-order valence-corrected chi connectivity index (χ2v) is 7.47. The Balaban J connectivity index is 1.97. The van der Waals surface area contributed by atoms with E-state index in [4.69, 9.17) is 11.9 Å². The Morgan fingerprint density at radius 1 is 1.11 bits per heavy atom. The molecule has 152 valence electrons. The smallest absolute Gasteiger partial charge is 0.298 e. The average Bonchev–Trinajstić information content (AvgIpc) is 2.85. The molecule has 1 aromatic rings. The molecule has 0 aliphatic heterocycles. The lowest BCUT2D eigenvalue weighted by Crippen LogP contribution is -2.35. The number of rotatable bonds is 6. The van der Waals surface area contributed by atoms with Crippen LogP contribution < -0.4 is 0 Å². The van der Waals surface area contributed by atoms with E-state index in [9.17, 15) is 27.6 Å². The SMILES string of the molecule is O=C(c1ccc(C(F)(F)F)nc1CCCOCl)C1C(=O)C2CCC(CC2)C1=O. The normalized spacial score (nSPS) is 25.1. The largest absolute Gasteiger partial charge is 0.433 e. The van der Waals surface area contributed by atoms with Gasteiger partial charge >= 0.3 is 6.18 Å². The highest BCUT2D eigenvalue weighted by Gasteiger charge is 2.47. The molecule has 3 aliphatic rings. The molecular formula is C19H19ClF3NO4. The molecule has 0 saturated heterocycles. The maximum absolute atomic E-state index is 13.1. The quantitative estimate of drug-likeness (QED) is 0.398. The van der Waals surface area contributed by atoms with Gasteiger partial charge < -0.3 is 0 Å². The van der Waals surface area contributed by atoms with E-state index >= 15 is 0 Å². The highest BCUT2D eigenvalue weighted by atomic mass is 35.5. The lowest BCUT2D eigenvalue weighted by molar-refractivity contribution is -0.141. The van der Waals surface area contributed by atoms with Crippen molar-refractivity contribution >= 4 is 29.2 Å². The summed E-state index contributed by atoms with van der Waals surface area (Å²) in [6.07, 6.45) is -2.15. The summed E-state index contributed by atoms with van der Waals surface area (Å²) in [7, 11) is 0. The monoisotopic (exact) mass is 417 g/mol.